The Bertz CT molecular complexity index is 144. The van der Waals surface area contributed by atoms with Crippen molar-refractivity contribution < 1.29 is 14.6 Å². The molecule has 4 heteroatoms. The Kier molecular flexibility index (Phi) is 4.12. The Labute approximate surface area is 79.0 Å². The predicted molar refractivity (Wildman–Crippen MR) is 49.5 cm³/mol. The maximum Gasteiger partial charge on any atom is 0.0843 e. The van der Waals surface area contributed by atoms with Gasteiger partial charge in [0.25, 0.3) is 0 Å². The molecule has 1 fully saturated rings. The molecule has 0 bridgehead atoms. The molecule has 1 rings (SSSR count). The van der Waals surface area contributed by atoms with Crippen LogP contribution in [0.5, 0.6) is 0 Å². The first-order valence-electron chi connectivity index (χ1n) is 4.74. The molecule has 1 heterocycles. The zero-order valence-corrected chi connectivity index (χ0v) is 8.16. The molecule has 3 N–H and O–H groups in total. The molecule has 0 saturated carbocycles. The molecule has 0 spiro atoms. The van der Waals surface area contributed by atoms with Gasteiger partial charge in [0, 0.05) is 26.7 Å². The maximum absolute atomic E-state index is 10.2. The molecular formula is C9H19NO3. The highest BCUT2D eigenvalue weighted by atomic mass is 16.5. The van der Waals surface area contributed by atoms with Gasteiger partial charge in [-0.2, -0.15) is 0 Å². The molecule has 0 aromatic heterocycles. The summed E-state index contributed by atoms with van der Waals surface area (Å²) in [5.74, 6) is 0. The first kappa shape index (κ1) is 10.9. The van der Waals surface area contributed by atoms with Gasteiger partial charge < -0.3 is 20.3 Å². The Morgan fingerprint density at radius 3 is 3.00 bits per heavy atom. The van der Waals surface area contributed by atoms with E-state index in [4.69, 9.17) is 15.2 Å². The third kappa shape index (κ3) is 2.91. The van der Waals surface area contributed by atoms with Gasteiger partial charge in [0.1, 0.15) is 0 Å². The van der Waals surface area contributed by atoms with Crippen molar-refractivity contribution in [2.75, 3.05) is 26.9 Å². The summed E-state index contributed by atoms with van der Waals surface area (Å²) < 4.78 is 10.2. The van der Waals surface area contributed by atoms with Gasteiger partial charge in [0.2, 0.25) is 0 Å². The summed E-state index contributed by atoms with van der Waals surface area (Å²) >= 11 is 0. The van der Waals surface area contributed by atoms with Crippen molar-refractivity contribution in [3.8, 4) is 0 Å². The number of ether oxygens (including phenoxy) is 2. The molecule has 2 unspecified atom stereocenters. The molecule has 0 amide bonds. The highest BCUT2D eigenvalue weighted by molar-refractivity contribution is 4.90. The Balaban J connectivity index is 2.49. The molecule has 78 valence electrons. The van der Waals surface area contributed by atoms with Crippen LogP contribution in [0.1, 0.15) is 19.3 Å². The molecule has 1 aliphatic rings. The van der Waals surface area contributed by atoms with E-state index in [-0.39, 0.29) is 6.04 Å². The van der Waals surface area contributed by atoms with Crippen LogP contribution in [-0.4, -0.2) is 43.7 Å². The van der Waals surface area contributed by atoms with Crippen molar-refractivity contribution in [1.82, 2.24) is 0 Å². The zero-order chi connectivity index (χ0) is 9.73. The molecule has 0 radical (unpaired) electrons. The van der Waals surface area contributed by atoms with E-state index in [1.807, 2.05) is 0 Å². The number of methoxy groups -OCH3 is 1. The SMILES string of the molecule is COCC(N)C1(O)CCCOCC1. The highest BCUT2D eigenvalue weighted by Gasteiger charge is 2.34. The summed E-state index contributed by atoms with van der Waals surface area (Å²) in [7, 11) is 1.59. The lowest BCUT2D eigenvalue weighted by Crippen LogP contribution is -2.50. The molecule has 1 aliphatic heterocycles. The summed E-state index contributed by atoms with van der Waals surface area (Å²) in [6.07, 6.45) is 2.18. The van der Waals surface area contributed by atoms with E-state index >= 15 is 0 Å². The first-order chi connectivity index (χ1) is 6.19. The summed E-state index contributed by atoms with van der Waals surface area (Å²) in [6.45, 7) is 1.71. The minimum absolute atomic E-state index is 0.306. The minimum atomic E-state index is -0.799. The van der Waals surface area contributed by atoms with E-state index in [0.29, 0.717) is 26.1 Å². The Hall–Kier alpha value is -0.160. The number of aliphatic hydroxyl groups is 1. The predicted octanol–water partition coefficient (Wildman–Crippen LogP) is -0.108. The normalized spacial score (nSPS) is 32.5. The van der Waals surface area contributed by atoms with Crippen LogP contribution < -0.4 is 5.73 Å². The fraction of sp³-hybridized carbons (Fsp3) is 1.00. The van der Waals surface area contributed by atoms with Crippen molar-refractivity contribution in [2.45, 2.75) is 30.9 Å². The quantitative estimate of drug-likeness (QED) is 0.650. The minimum Gasteiger partial charge on any atom is -0.388 e. The van der Waals surface area contributed by atoms with Gasteiger partial charge in [-0.1, -0.05) is 0 Å². The van der Waals surface area contributed by atoms with Crippen LogP contribution in [0.25, 0.3) is 0 Å². The Morgan fingerprint density at radius 1 is 1.54 bits per heavy atom. The van der Waals surface area contributed by atoms with Gasteiger partial charge in [-0.3, -0.25) is 0 Å². The second kappa shape index (κ2) is 4.91. The molecule has 13 heavy (non-hydrogen) atoms. The third-order valence-corrected chi connectivity index (χ3v) is 2.61. The van der Waals surface area contributed by atoms with Crippen molar-refractivity contribution in [1.29, 1.82) is 0 Å². The summed E-state index contributed by atoms with van der Waals surface area (Å²) in [6, 6.07) is -0.306. The van der Waals surface area contributed by atoms with Gasteiger partial charge in [-0.15, -0.1) is 0 Å². The van der Waals surface area contributed by atoms with E-state index in [1.54, 1.807) is 7.11 Å². The number of nitrogens with two attached hydrogens (primary N) is 1. The standard InChI is InChI=1S/C9H19NO3/c1-12-7-8(10)9(11)3-2-5-13-6-4-9/h8,11H,2-7,10H2,1H3. The van der Waals surface area contributed by atoms with E-state index < -0.39 is 5.60 Å². The lowest BCUT2D eigenvalue weighted by molar-refractivity contribution is -0.0263. The summed E-state index contributed by atoms with van der Waals surface area (Å²) in [5.41, 5.74) is 5.03. The number of hydrogen-bond donors (Lipinski definition) is 2. The van der Waals surface area contributed by atoms with Crippen LogP contribution in [0.4, 0.5) is 0 Å². The van der Waals surface area contributed by atoms with Crippen molar-refractivity contribution >= 4 is 0 Å². The van der Waals surface area contributed by atoms with Crippen molar-refractivity contribution in [3.05, 3.63) is 0 Å². The zero-order valence-electron chi connectivity index (χ0n) is 8.16. The van der Waals surface area contributed by atoms with Crippen LogP contribution in [0.3, 0.4) is 0 Å². The lowest BCUT2D eigenvalue weighted by atomic mass is 9.88. The second-order valence-corrected chi connectivity index (χ2v) is 3.63. The van der Waals surface area contributed by atoms with Crippen LogP contribution in [0.15, 0.2) is 0 Å². The van der Waals surface area contributed by atoms with E-state index in [2.05, 4.69) is 0 Å². The fourth-order valence-corrected chi connectivity index (χ4v) is 1.66. The van der Waals surface area contributed by atoms with Gasteiger partial charge >= 0.3 is 0 Å². The molecule has 0 aromatic rings. The van der Waals surface area contributed by atoms with Crippen LogP contribution in [0, 0.1) is 0 Å². The van der Waals surface area contributed by atoms with E-state index in [1.165, 1.54) is 0 Å². The van der Waals surface area contributed by atoms with Gasteiger partial charge in [0.15, 0.2) is 0 Å². The average molecular weight is 189 g/mol. The highest BCUT2D eigenvalue weighted by Crippen LogP contribution is 2.23. The van der Waals surface area contributed by atoms with Gasteiger partial charge in [-0.25, -0.2) is 0 Å². The van der Waals surface area contributed by atoms with Gasteiger partial charge in [-0.05, 0) is 12.8 Å². The van der Waals surface area contributed by atoms with Crippen molar-refractivity contribution in [3.63, 3.8) is 0 Å². The first-order valence-corrected chi connectivity index (χ1v) is 4.74. The van der Waals surface area contributed by atoms with Crippen LogP contribution in [-0.2, 0) is 9.47 Å². The topological polar surface area (TPSA) is 64.7 Å². The molecule has 0 aromatic carbocycles. The summed E-state index contributed by atoms with van der Waals surface area (Å²) in [4.78, 5) is 0. The average Bonchev–Trinajstić information content (AvgIpc) is 2.32. The third-order valence-electron chi connectivity index (χ3n) is 2.61. The largest absolute Gasteiger partial charge is 0.388 e. The fourth-order valence-electron chi connectivity index (χ4n) is 1.66. The molecule has 1 saturated heterocycles. The number of rotatable bonds is 3. The van der Waals surface area contributed by atoms with Crippen LogP contribution in [0.2, 0.25) is 0 Å². The molecule has 4 nitrogen and oxygen atoms in total. The smallest absolute Gasteiger partial charge is 0.0843 e. The lowest BCUT2D eigenvalue weighted by Gasteiger charge is -2.31. The number of hydrogen-bond acceptors (Lipinski definition) is 4. The van der Waals surface area contributed by atoms with E-state index in [0.717, 1.165) is 13.0 Å². The molecule has 0 aliphatic carbocycles. The Morgan fingerprint density at radius 2 is 2.31 bits per heavy atom. The monoisotopic (exact) mass is 189 g/mol. The maximum atomic E-state index is 10.2. The van der Waals surface area contributed by atoms with Crippen molar-refractivity contribution in [2.24, 2.45) is 5.73 Å². The molecule has 2 atom stereocenters. The molecular weight excluding hydrogens is 170 g/mol. The second-order valence-electron chi connectivity index (χ2n) is 3.63. The summed E-state index contributed by atoms with van der Waals surface area (Å²) in [5, 5.41) is 10.2. The van der Waals surface area contributed by atoms with E-state index in [9.17, 15) is 5.11 Å². The van der Waals surface area contributed by atoms with Gasteiger partial charge in [0.05, 0.1) is 18.2 Å². The van der Waals surface area contributed by atoms with Crippen LogP contribution >= 0.6 is 0 Å².